The van der Waals surface area contributed by atoms with Crippen LogP contribution in [0.2, 0.25) is 0 Å². The standard InChI is InChI=1S/C19H22N4O4/c1-2-27-17-5-3-4-16(18(17)23(25)26)22-12-10-21(11-13-22)15-8-6-14(7-9-15)19(20)24/h3-9H,2,10-13H2,1H3,(H2,20,24). The van der Waals surface area contributed by atoms with Gasteiger partial charge in [0.25, 0.3) is 0 Å². The van der Waals surface area contributed by atoms with Gasteiger partial charge in [-0.25, -0.2) is 0 Å². The van der Waals surface area contributed by atoms with Gasteiger partial charge in [-0.2, -0.15) is 0 Å². The molecular weight excluding hydrogens is 348 g/mol. The van der Waals surface area contributed by atoms with Gasteiger partial charge in [-0.15, -0.1) is 0 Å². The number of carbonyl (C=O) groups excluding carboxylic acids is 1. The van der Waals surface area contributed by atoms with E-state index in [1.165, 1.54) is 0 Å². The van der Waals surface area contributed by atoms with Crippen molar-refractivity contribution in [3.63, 3.8) is 0 Å². The van der Waals surface area contributed by atoms with Gasteiger partial charge in [0, 0.05) is 37.4 Å². The Morgan fingerprint density at radius 2 is 1.74 bits per heavy atom. The van der Waals surface area contributed by atoms with Crippen molar-refractivity contribution in [2.24, 2.45) is 5.73 Å². The Hall–Kier alpha value is -3.29. The summed E-state index contributed by atoms with van der Waals surface area (Å²) >= 11 is 0. The summed E-state index contributed by atoms with van der Waals surface area (Å²) in [6, 6.07) is 12.3. The molecule has 0 unspecified atom stereocenters. The lowest BCUT2D eigenvalue weighted by atomic mass is 10.1. The smallest absolute Gasteiger partial charge is 0.333 e. The monoisotopic (exact) mass is 370 g/mol. The van der Waals surface area contributed by atoms with Crippen molar-refractivity contribution in [1.82, 2.24) is 0 Å². The number of hydrogen-bond acceptors (Lipinski definition) is 6. The third-order valence-corrected chi connectivity index (χ3v) is 4.60. The summed E-state index contributed by atoms with van der Waals surface area (Å²) in [5.74, 6) is -0.155. The van der Waals surface area contributed by atoms with E-state index in [1.807, 2.05) is 17.0 Å². The third-order valence-electron chi connectivity index (χ3n) is 4.60. The number of carbonyl (C=O) groups is 1. The number of piperazine rings is 1. The molecule has 1 aliphatic rings. The molecule has 1 aliphatic heterocycles. The summed E-state index contributed by atoms with van der Waals surface area (Å²) in [6.07, 6.45) is 0. The topological polar surface area (TPSA) is 102 Å². The molecule has 3 rings (SSSR count). The molecule has 1 saturated heterocycles. The lowest BCUT2D eigenvalue weighted by Crippen LogP contribution is -2.46. The number of amides is 1. The van der Waals surface area contributed by atoms with Gasteiger partial charge in [0.15, 0.2) is 5.75 Å². The van der Waals surface area contributed by atoms with Crippen LogP contribution in [-0.2, 0) is 0 Å². The molecule has 2 aromatic rings. The number of benzene rings is 2. The molecule has 142 valence electrons. The van der Waals surface area contributed by atoms with Crippen molar-refractivity contribution >= 4 is 23.0 Å². The number of primary amides is 1. The molecule has 8 nitrogen and oxygen atoms in total. The lowest BCUT2D eigenvalue weighted by Gasteiger charge is -2.37. The Bertz CT molecular complexity index is 830. The zero-order valence-electron chi connectivity index (χ0n) is 15.1. The van der Waals surface area contributed by atoms with E-state index < -0.39 is 5.91 Å². The fraction of sp³-hybridized carbons (Fsp3) is 0.316. The highest BCUT2D eigenvalue weighted by Crippen LogP contribution is 2.37. The van der Waals surface area contributed by atoms with Crippen molar-refractivity contribution in [3.8, 4) is 5.75 Å². The number of nitro benzene ring substituents is 1. The molecule has 0 atom stereocenters. The Morgan fingerprint density at radius 1 is 1.11 bits per heavy atom. The molecule has 8 heteroatoms. The van der Waals surface area contributed by atoms with Gasteiger partial charge in [-0.1, -0.05) is 6.07 Å². The Morgan fingerprint density at radius 3 is 2.30 bits per heavy atom. The van der Waals surface area contributed by atoms with E-state index in [0.717, 1.165) is 5.69 Å². The van der Waals surface area contributed by atoms with Crippen LogP contribution in [0, 0.1) is 10.1 Å². The molecule has 0 bridgehead atoms. The zero-order chi connectivity index (χ0) is 19.4. The summed E-state index contributed by atoms with van der Waals surface area (Å²) in [5.41, 5.74) is 7.33. The van der Waals surface area contributed by atoms with E-state index in [1.54, 1.807) is 37.3 Å². The zero-order valence-corrected chi connectivity index (χ0v) is 15.1. The molecule has 1 amide bonds. The van der Waals surface area contributed by atoms with Crippen molar-refractivity contribution in [1.29, 1.82) is 0 Å². The summed E-state index contributed by atoms with van der Waals surface area (Å²) in [7, 11) is 0. The molecular formula is C19H22N4O4. The second kappa shape index (κ2) is 7.94. The Labute approximate surface area is 157 Å². The van der Waals surface area contributed by atoms with E-state index in [2.05, 4.69) is 4.90 Å². The minimum atomic E-state index is -0.451. The second-order valence-corrected chi connectivity index (χ2v) is 6.20. The van der Waals surface area contributed by atoms with Crippen LogP contribution in [0.5, 0.6) is 5.75 Å². The van der Waals surface area contributed by atoms with Crippen LogP contribution >= 0.6 is 0 Å². The molecule has 2 N–H and O–H groups in total. The lowest BCUT2D eigenvalue weighted by molar-refractivity contribution is -0.385. The highest BCUT2D eigenvalue weighted by molar-refractivity contribution is 5.93. The highest BCUT2D eigenvalue weighted by atomic mass is 16.6. The van der Waals surface area contributed by atoms with Crippen LogP contribution < -0.4 is 20.3 Å². The number of para-hydroxylation sites is 1. The molecule has 0 aliphatic carbocycles. The van der Waals surface area contributed by atoms with Gasteiger partial charge in [0.05, 0.1) is 11.5 Å². The van der Waals surface area contributed by atoms with Gasteiger partial charge < -0.3 is 20.3 Å². The van der Waals surface area contributed by atoms with Crippen molar-refractivity contribution in [2.75, 3.05) is 42.6 Å². The molecule has 0 saturated carbocycles. The maximum absolute atomic E-state index is 11.6. The summed E-state index contributed by atoms with van der Waals surface area (Å²) in [6.45, 7) is 4.90. The molecule has 0 radical (unpaired) electrons. The fourth-order valence-electron chi connectivity index (χ4n) is 3.26. The van der Waals surface area contributed by atoms with Crippen LogP contribution in [-0.4, -0.2) is 43.6 Å². The van der Waals surface area contributed by atoms with E-state index in [0.29, 0.717) is 49.8 Å². The first-order valence-corrected chi connectivity index (χ1v) is 8.81. The van der Waals surface area contributed by atoms with Crippen LogP contribution in [0.4, 0.5) is 17.1 Å². The fourth-order valence-corrected chi connectivity index (χ4v) is 3.26. The van der Waals surface area contributed by atoms with Crippen LogP contribution in [0.1, 0.15) is 17.3 Å². The normalized spacial score (nSPS) is 14.1. The first-order chi connectivity index (χ1) is 13.0. The maximum Gasteiger partial charge on any atom is 0.333 e. The minimum Gasteiger partial charge on any atom is -0.487 e. The van der Waals surface area contributed by atoms with E-state index in [9.17, 15) is 14.9 Å². The summed E-state index contributed by atoms with van der Waals surface area (Å²) in [4.78, 5) is 26.6. The number of nitrogens with zero attached hydrogens (tertiary/aromatic N) is 3. The molecule has 0 spiro atoms. The van der Waals surface area contributed by atoms with Crippen LogP contribution in [0.3, 0.4) is 0 Å². The quantitative estimate of drug-likeness (QED) is 0.619. The van der Waals surface area contributed by atoms with Gasteiger partial charge in [-0.05, 0) is 43.3 Å². The van der Waals surface area contributed by atoms with Gasteiger partial charge >= 0.3 is 5.69 Å². The van der Waals surface area contributed by atoms with E-state index in [4.69, 9.17) is 10.5 Å². The number of ether oxygens (including phenoxy) is 1. The SMILES string of the molecule is CCOc1cccc(N2CCN(c3ccc(C(N)=O)cc3)CC2)c1[N+](=O)[O-]. The van der Waals surface area contributed by atoms with Gasteiger partial charge in [0.1, 0.15) is 5.69 Å². The van der Waals surface area contributed by atoms with Gasteiger partial charge in [-0.3, -0.25) is 14.9 Å². The number of anilines is 2. The van der Waals surface area contributed by atoms with E-state index in [-0.39, 0.29) is 10.6 Å². The molecule has 2 aromatic carbocycles. The molecule has 1 heterocycles. The number of rotatable bonds is 6. The van der Waals surface area contributed by atoms with Gasteiger partial charge in [0.2, 0.25) is 5.91 Å². The van der Waals surface area contributed by atoms with Crippen molar-refractivity contribution < 1.29 is 14.5 Å². The third kappa shape index (κ3) is 3.94. The predicted octanol–water partition coefficient (Wildman–Crippen LogP) is 2.42. The summed E-state index contributed by atoms with van der Waals surface area (Å²) < 4.78 is 5.43. The largest absolute Gasteiger partial charge is 0.487 e. The number of nitro groups is 1. The Kier molecular flexibility index (Phi) is 5.44. The summed E-state index contributed by atoms with van der Waals surface area (Å²) in [5, 5.41) is 11.6. The average Bonchev–Trinajstić information content (AvgIpc) is 2.68. The highest BCUT2D eigenvalue weighted by Gasteiger charge is 2.27. The van der Waals surface area contributed by atoms with Crippen molar-refractivity contribution in [2.45, 2.75) is 6.92 Å². The predicted molar refractivity (Wildman–Crippen MR) is 104 cm³/mol. The first kappa shape index (κ1) is 18.5. The van der Waals surface area contributed by atoms with E-state index >= 15 is 0 Å². The minimum absolute atomic E-state index is 0.0126. The molecule has 0 aromatic heterocycles. The second-order valence-electron chi connectivity index (χ2n) is 6.20. The van der Waals surface area contributed by atoms with Crippen molar-refractivity contribution in [3.05, 3.63) is 58.1 Å². The van der Waals surface area contributed by atoms with Crippen LogP contribution in [0.15, 0.2) is 42.5 Å². The maximum atomic E-state index is 11.6. The first-order valence-electron chi connectivity index (χ1n) is 8.81. The number of nitrogens with two attached hydrogens (primary N) is 1. The molecule has 1 fully saturated rings. The average molecular weight is 370 g/mol. The molecule has 27 heavy (non-hydrogen) atoms. The van der Waals surface area contributed by atoms with Crippen LogP contribution in [0.25, 0.3) is 0 Å². The number of hydrogen-bond donors (Lipinski definition) is 1. The Balaban J connectivity index is 1.75.